The van der Waals surface area contributed by atoms with Crippen LogP contribution >= 0.6 is 0 Å². The third-order valence-electron chi connectivity index (χ3n) is 6.98. The molecule has 5 rings (SSSR count). The summed E-state index contributed by atoms with van der Waals surface area (Å²) in [6.07, 6.45) is 4.66. The molecule has 2 aliphatic carbocycles. The Balaban J connectivity index is 1.78. The first-order valence-electron chi connectivity index (χ1n) is 8.88. The third-order valence-corrected chi connectivity index (χ3v) is 6.98. The summed E-state index contributed by atoms with van der Waals surface area (Å²) in [5, 5.41) is 22.3. The molecule has 5 nitrogen and oxygen atoms in total. The van der Waals surface area contributed by atoms with Crippen molar-refractivity contribution in [2.24, 2.45) is 5.73 Å². The van der Waals surface area contributed by atoms with E-state index in [1.165, 1.54) is 5.56 Å². The number of ether oxygens (including phenoxy) is 1. The third kappa shape index (κ3) is 1.43. The van der Waals surface area contributed by atoms with E-state index in [9.17, 15) is 10.2 Å². The quantitative estimate of drug-likeness (QED) is 0.708. The van der Waals surface area contributed by atoms with Crippen LogP contribution in [-0.2, 0) is 11.8 Å². The van der Waals surface area contributed by atoms with Crippen LogP contribution in [0.5, 0.6) is 11.5 Å². The van der Waals surface area contributed by atoms with Gasteiger partial charge in [-0.25, -0.2) is 0 Å². The Hall–Kier alpha value is -1.56. The maximum Gasteiger partial charge on any atom is 0.165 e. The maximum atomic E-state index is 11.9. The number of hydrogen-bond donors (Lipinski definition) is 3. The lowest BCUT2D eigenvalue weighted by molar-refractivity contribution is -0.186. The molecule has 24 heavy (non-hydrogen) atoms. The van der Waals surface area contributed by atoms with Gasteiger partial charge in [0, 0.05) is 24.2 Å². The summed E-state index contributed by atoms with van der Waals surface area (Å²) in [6.45, 7) is 5.55. The maximum absolute atomic E-state index is 11.9. The second-order valence-electron chi connectivity index (χ2n) is 7.84. The summed E-state index contributed by atoms with van der Waals surface area (Å²) in [5.41, 5.74) is 7.28. The van der Waals surface area contributed by atoms with E-state index in [4.69, 9.17) is 10.5 Å². The van der Waals surface area contributed by atoms with Crippen molar-refractivity contribution in [3.63, 3.8) is 0 Å². The predicted molar refractivity (Wildman–Crippen MR) is 90.2 cm³/mol. The normalized spacial score (nSPS) is 42.3. The monoisotopic (exact) mass is 328 g/mol. The van der Waals surface area contributed by atoms with Gasteiger partial charge in [0.1, 0.15) is 6.10 Å². The van der Waals surface area contributed by atoms with Crippen LogP contribution in [0.4, 0.5) is 0 Å². The Morgan fingerprint density at radius 2 is 2.25 bits per heavy atom. The number of phenols is 1. The zero-order chi connectivity index (χ0) is 16.7. The molecule has 1 aromatic rings. The Bertz CT molecular complexity index is 736. The van der Waals surface area contributed by atoms with Gasteiger partial charge in [0.25, 0.3) is 0 Å². The zero-order valence-electron chi connectivity index (χ0n) is 13.7. The molecule has 5 heteroatoms. The molecule has 2 heterocycles. The van der Waals surface area contributed by atoms with E-state index in [0.717, 1.165) is 37.9 Å². The number of phenolic OH excluding ortho intramolecular Hbond substituents is 1. The van der Waals surface area contributed by atoms with Crippen LogP contribution in [0.25, 0.3) is 0 Å². The van der Waals surface area contributed by atoms with Gasteiger partial charge < -0.3 is 20.7 Å². The van der Waals surface area contributed by atoms with Gasteiger partial charge >= 0.3 is 0 Å². The minimum atomic E-state index is -0.860. The molecule has 0 aromatic heterocycles. The molecule has 128 valence electrons. The Morgan fingerprint density at radius 3 is 3.04 bits per heavy atom. The second-order valence-corrected chi connectivity index (χ2v) is 7.84. The van der Waals surface area contributed by atoms with Gasteiger partial charge in [0.15, 0.2) is 11.5 Å². The minimum Gasteiger partial charge on any atom is -0.504 e. The number of likely N-dealkylation sites (tertiary alicyclic amines) is 1. The molecule has 4 aliphatic rings. The summed E-state index contributed by atoms with van der Waals surface area (Å²) < 4.78 is 6.21. The summed E-state index contributed by atoms with van der Waals surface area (Å²) in [6, 6.07) is 3.64. The molecule has 2 aliphatic heterocycles. The Labute approximate surface area is 141 Å². The highest BCUT2D eigenvalue weighted by Crippen LogP contribution is 2.65. The molecule has 5 unspecified atom stereocenters. The average Bonchev–Trinajstić information content (AvgIpc) is 2.91. The molecule has 1 aromatic carbocycles. The average molecular weight is 328 g/mol. The molecule has 5 atom stereocenters. The van der Waals surface area contributed by atoms with Crippen molar-refractivity contribution in [2.45, 2.75) is 54.9 Å². The van der Waals surface area contributed by atoms with Crippen LogP contribution in [0.3, 0.4) is 0 Å². The van der Waals surface area contributed by atoms with Crippen molar-refractivity contribution in [1.29, 1.82) is 0 Å². The lowest BCUT2D eigenvalue weighted by atomic mass is 9.48. The van der Waals surface area contributed by atoms with E-state index in [1.54, 1.807) is 6.07 Å². The first-order chi connectivity index (χ1) is 11.5. The molecule has 1 spiro atoms. The van der Waals surface area contributed by atoms with E-state index in [0.29, 0.717) is 12.2 Å². The van der Waals surface area contributed by atoms with Crippen molar-refractivity contribution in [2.75, 3.05) is 13.1 Å². The molecule has 0 radical (unpaired) electrons. The number of piperidine rings is 1. The van der Waals surface area contributed by atoms with Crippen LogP contribution in [0.15, 0.2) is 24.8 Å². The van der Waals surface area contributed by atoms with Gasteiger partial charge in [-0.15, -0.1) is 6.58 Å². The summed E-state index contributed by atoms with van der Waals surface area (Å²) in [4.78, 5) is 2.35. The van der Waals surface area contributed by atoms with Crippen LogP contribution in [0, 0.1) is 0 Å². The first-order valence-corrected chi connectivity index (χ1v) is 8.88. The van der Waals surface area contributed by atoms with E-state index in [1.807, 2.05) is 12.1 Å². The molecule has 2 fully saturated rings. The molecular weight excluding hydrogens is 304 g/mol. The number of aliphatic hydroxyl groups is 1. The van der Waals surface area contributed by atoms with Crippen LogP contribution in [0.1, 0.15) is 30.4 Å². The summed E-state index contributed by atoms with van der Waals surface area (Å²) in [5.74, 6) is 0.725. The van der Waals surface area contributed by atoms with Crippen molar-refractivity contribution >= 4 is 0 Å². The SMILES string of the molecule is C=CCN1CCC23c4c5ccc(O)c4OC2C(N)CCC3(O)C1C5. The van der Waals surface area contributed by atoms with Crippen LogP contribution in [-0.4, -0.2) is 52.0 Å². The fourth-order valence-corrected chi connectivity index (χ4v) is 6.05. The highest BCUT2D eigenvalue weighted by molar-refractivity contribution is 5.62. The Kier molecular flexibility index (Phi) is 2.79. The topological polar surface area (TPSA) is 79.0 Å². The van der Waals surface area contributed by atoms with E-state index < -0.39 is 11.0 Å². The number of nitrogens with two attached hydrogens (primary N) is 1. The molecule has 4 N–H and O–H groups in total. The van der Waals surface area contributed by atoms with Gasteiger partial charge in [-0.1, -0.05) is 12.1 Å². The highest BCUT2D eigenvalue weighted by Gasteiger charge is 2.72. The molecule has 0 amide bonds. The summed E-state index contributed by atoms with van der Waals surface area (Å²) >= 11 is 0. The summed E-state index contributed by atoms with van der Waals surface area (Å²) in [7, 11) is 0. The van der Waals surface area contributed by atoms with Gasteiger partial charge in [-0.3, -0.25) is 4.90 Å². The van der Waals surface area contributed by atoms with Gasteiger partial charge in [-0.2, -0.15) is 0 Å². The van der Waals surface area contributed by atoms with Crippen molar-refractivity contribution < 1.29 is 14.9 Å². The fourth-order valence-electron chi connectivity index (χ4n) is 6.05. The lowest BCUT2D eigenvalue weighted by Gasteiger charge is -2.63. The van der Waals surface area contributed by atoms with Gasteiger partial charge in [-0.05, 0) is 43.9 Å². The molecular formula is C19H24N2O3. The van der Waals surface area contributed by atoms with Gasteiger partial charge in [0.2, 0.25) is 0 Å². The smallest absolute Gasteiger partial charge is 0.165 e. The largest absolute Gasteiger partial charge is 0.504 e. The van der Waals surface area contributed by atoms with Crippen molar-refractivity contribution in [3.05, 3.63) is 35.9 Å². The second kappa shape index (κ2) is 4.54. The van der Waals surface area contributed by atoms with Crippen molar-refractivity contribution in [3.8, 4) is 11.5 Å². The van der Waals surface area contributed by atoms with Gasteiger partial charge in [0.05, 0.1) is 11.0 Å². The molecule has 2 bridgehead atoms. The Morgan fingerprint density at radius 1 is 1.42 bits per heavy atom. The van der Waals surface area contributed by atoms with Crippen LogP contribution < -0.4 is 10.5 Å². The number of nitrogens with zero attached hydrogens (tertiary/aromatic N) is 1. The lowest BCUT2D eigenvalue weighted by Crippen LogP contribution is -2.77. The van der Waals surface area contributed by atoms with Crippen LogP contribution in [0.2, 0.25) is 0 Å². The van der Waals surface area contributed by atoms with E-state index in [-0.39, 0.29) is 23.9 Å². The first kappa shape index (κ1) is 14.8. The predicted octanol–water partition coefficient (Wildman–Crippen LogP) is 1.06. The zero-order valence-corrected chi connectivity index (χ0v) is 13.7. The standard InChI is InChI=1S/C19H24N2O3/c1-2-8-21-9-7-18-15-11-3-4-13(22)16(15)24-17(18)12(20)5-6-19(18,23)14(21)10-11/h2-4,12,14,17,22-23H,1,5-10,20H2. The fraction of sp³-hybridized carbons (Fsp3) is 0.579. The minimum absolute atomic E-state index is 0.0471. The number of hydrogen-bond acceptors (Lipinski definition) is 5. The number of benzene rings is 1. The number of rotatable bonds is 2. The van der Waals surface area contributed by atoms with E-state index in [2.05, 4.69) is 11.5 Å². The molecule has 1 saturated carbocycles. The number of aromatic hydroxyl groups is 1. The highest BCUT2D eigenvalue weighted by atomic mass is 16.5. The van der Waals surface area contributed by atoms with Crippen molar-refractivity contribution in [1.82, 2.24) is 4.90 Å². The molecule has 1 saturated heterocycles. The van der Waals surface area contributed by atoms with E-state index >= 15 is 0 Å².